The summed E-state index contributed by atoms with van der Waals surface area (Å²) in [5.41, 5.74) is 0.767. The molecule has 0 radical (unpaired) electrons. The summed E-state index contributed by atoms with van der Waals surface area (Å²) in [7, 11) is 0. The van der Waals surface area contributed by atoms with Crippen LogP contribution in [0, 0.1) is 15.5 Å². The fourth-order valence-electron chi connectivity index (χ4n) is 3.15. The molecule has 2 fully saturated rings. The van der Waals surface area contributed by atoms with Gasteiger partial charge < -0.3 is 14.5 Å². The molecule has 124 valence electrons. The third kappa shape index (κ3) is 3.09. The van der Waals surface area contributed by atoms with Gasteiger partial charge in [-0.3, -0.25) is 10.1 Å². The van der Waals surface area contributed by atoms with Gasteiger partial charge in [-0.05, 0) is 32.9 Å². The summed E-state index contributed by atoms with van der Waals surface area (Å²) >= 11 is 0. The fraction of sp³-hybridized carbons (Fsp3) is 0.562. The lowest BCUT2D eigenvalue weighted by molar-refractivity contribution is -0.384. The second kappa shape index (κ2) is 5.11. The number of nitro groups is 1. The third-order valence-electron chi connectivity index (χ3n) is 4.18. The first-order chi connectivity index (χ1) is 10.7. The molecule has 7 heteroatoms. The Bertz CT molecular complexity index is 622. The second-order valence-electron chi connectivity index (χ2n) is 7.47. The molecule has 2 saturated heterocycles. The summed E-state index contributed by atoms with van der Waals surface area (Å²) < 4.78 is 5.36. The monoisotopic (exact) mass is 319 g/mol. The quantitative estimate of drug-likeness (QED) is 0.619. The molecule has 0 saturated carbocycles. The largest absolute Gasteiger partial charge is 0.444 e. The van der Waals surface area contributed by atoms with Gasteiger partial charge in [0.25, 0.3) is 5.69 Å². The number of amides is 1. The number of ether oxygens (including phenoxy) is 1. The summed E-state index contributed by atoms with van der Waals surface area (Å²) in [6.45, 7) is 8.74. The molecular formula is C16H21N3O4. The second-order valence-corrected chi connectivity index (χ2v) is 7.47. The van der Waals surface area contributed by atoms with Crippen molar-refractivity contribution in [2.45, 2.75) is 26.4 Å². The highest BCUT2D eigenvalue weighted by atomic mass is 16.6. The number of hydrogen-bond donors (Lipinski definition) is 0. The average Bonchev–Trinajstić information content (AvgIpc) is 2.33. The molecule has 23 heavy (non-hydrogen) atoms. The van der Waals surface area contributed by atoms with Crippen LogP contribution >= 0.6 is 0 Å². The molecule has 7 nitrogen and oxygen atoms in total. The molecule has 3 rings (SSSR count). The molecule has 0 bridgehead atoms. The van der Waals surface area contributed by atoms with Crippen LogP contribution in [0.4, 0.5) is 16.2 Å². The Morgan fingerprint density at radius 2 is 1.74 bits per heavy atom. The Balaban J connectivity index is 1.50. The van der Waals surface area contributed by atoms with Gasteiger partial charge in [-0.25, -0.2) is 4.79 Å². The lowest BCUT2D eigenvalue weighted by atomic mass is 9.73. The molecule has 1 spiro atoms. The zero-order valence-corrected chi connectivity index (χ0v) is 13.6. The van der Waals surface area contributed by atoms with E-state index in [1.165, 1.54) is 12.1 Å². The van der Waals surface area contributed by atoms with Gasteiger partial charge in [0.15, 0.2) is 0 Å². The van der Waals surface area contributed by atoms with Gasteiger partial charge in [0.1, 0.15) is 5.60 Å². The summed E-state index contributed by atoms with van der Waals surface area (Å²) in [5, 5.41) is 10.7. The van der Waals surface area contributed by atoms with Crippen molar-refractivity contribution in [3.63, 3.8) is 0 Å². The normalized spacial score (nSPS) is 19.1. The van der Waals surface area contributed by atoms with Crippen LogP contribution in [0.25, 0.3) is 0 Å². The average molecular weight is 319 g/mol. The van der Waals surface area contributed by atoms with Crippen LogP contribution in [0.5, 0.6) is 0 Å². The number of anilines is 1. The predicted molar refractivity (Wildman–Crippen MR) is 85.5 cm³/mol. The standard InChI is InChI=1S/C16H21N3O4/c1-15(2,3)23-14(20)18-10-16(11-18)8-17(9-16)12-4-6-13(7-5-12)19(21)22/h4-7H,8-11H2,1-3H3. The van der Waals surface area contributed by atoms with Gasteiger partial charge in [-0.1, -0.05) is 0 Å². The van der Waals surface area contributed by atoms with Crippen molar-refractivity contribution in [1.29, 1.82) is 0 Å². The molecular weight excluding hydrogens is 298 g/mol. The van der Waals surface area contributed by atoms with Crippen LogP contribution in [0.2, 0.25) is 0 Å². The smallest absolute Gasteiger partial charge is 0.410 e. The van der Waals surface area contributed by atoms with E-state index in [1.807, 2.05) is 20.8 Å². The van der Waals surface area contributed by atoms with Crippen molar-refractivity contribution in [3.05, 3.63) is 34.4 Å². The topological polar surface area (TPSA) is 75.9 Å². The Hall–Kier alpha value is -2.31. The van der Waals surface area contributed by atoms with E-state index >= 15 is 0 Å². The van der Waals surface area contributed by atoms with Crippen molar-refractivity contribution >= 4 is 17.5 Å². The van der Waals surface area contributed by atoms with Crippen LogP contribution in [0.1, 0.15) is 20.8 Å². The number of non-ortho nitro benzene ring substituents is 1. The van der Waals surface area contributed by atoms with Gasteiger partial charge >= 0.3 is 6.09 Å². The number of carbonyl (C=O) groups is 1. The van der Waals surface area contributed by atoms with E-state index in [2.05, 4.69) is 4.90 Å². The van der Waals surface area contributed by atoms with Crippen LogP contribution in [-0.4, -0.2) is 47.7 Å². The van der Waals surface area contributed by atoms with E-state index < -0.39 is 10.5 Å². The number of benzene rings is 1. The SMILES string of the molecule is CC(C)(C)OC(=O)N1CC2(C1)CN(c1ccc([N+](=O)[O-])cc1)C2. The number of likely N-dealkylation sites (tertiary alicyclic amines) is 1. The van der Waals surface area contributed by atoms with E-state index in [0.717, 1.165) is 18.8 Å². The summed E-state index contributed by atoms with van der Waals surface area (Å²) in [6, 6.07) is 6.59. The van der Waals surface area contributed by atoms with Crippen molar-refractivity contribution in [2.24, 2.45) is 5.41 Å². The van der Waals surface area contributed by atoms with Gasteiger partial charge in [0.05, 0.1) is 4.92 Å². The first kappa shape index (κ1) is 15.6. The molecule has 0 atom stereocenters. The molecule has 1 aromatic rings. The van der Waals surface area contributed by atoms with Crippen molar-refractivity contribution < 1.29 is 14.5 Å². The van der Waals surface area contributed by atoms with Crippen molar-refractivity contribution in [3.8, 4) is 0 Å². The molecule has 0 aromatic heterocycles. The van der Waals surface area contributed by atoms with Crippen LogP contribution in [0.3, 0.4) is 0 Å². The first-order valence-electron chi connectivity index (χ1n) is 7.65. The van der Waals surface area contributed by atoms with E-state index in [9.17, 15) is 14.9 Å². The number of nitrogens with zero attached hydrogens (tertiary/aromatic N) is 3. The molecule has 0 unspecified atom stereocenters. The summed E-state index contributed by atoms with van der Waals surface area (Å²) in [5.74, 6) is 0. The van der Waals surface area contributed by atoms with Gasteiger partial charge in [-0.2, -0.15) is 0 Å². The fourth-order valence-corrected chi connectivity index (χ4v) is 3.15. The Labute approximate surface area is 135 Å². The maximum Gasteiger partial charge on any atom is 0.410 e. The zero-order chi connectivity index (χ0) is 16.8. The van der Waals surface area contributed by atoms with E-state index in [1.54, 1.807) is 17.0 Å². The van der Waals surface area contributed by atoms with Crippen LogP contribution < -0.4 is 4.90 Å². The van der Waals surface area contributed by atoms with E-state index in [4.69, 9.17) is 4.74 Å². The highest BCUT2D eigenvalue weighted by Gasteiger charge is 2.54. The minimum Gasteiger partial charge on any atom is -0.444 e. The molecule has 0 aliphatic carbocycles. The van der Waals surface area contributed by atoms with Gasteiger partial charge in [0.2, 0.25) is 0 Å². The Morgan fingerprint density at radius 3 is 2.22 bits per heavy atom. The minimum absolute atomic E-state index is 0.101. The zero-order valence-electron chi connectivity index (χ0n) is 13.6. The number of rotatable bonds is 2. The maximum absolute atomic E-state index is 11.9. The van der Waals surface area contributed by atoms with Crippen molar-refractivity contribution in [1.82, 2.24) is 4.90 Å². The lowest BCUT2D eigenvalue weighted by Gasteiger charge is -2.60. The van der Waals surface area contributed by atoms with Crippen molar-refractivity contribution in [2.75, 3.05) is 31.1 Å². The number of hydrogen-bond acceptors (Lipinski definition) is 5. The predicted octanol–water partition coefficient (Wildman–Crippen LogP) is 2.65. The number of carbonyl (C=O) groups excluding carboxylic acids is 1. The molecule has 2 aliphatic heterocycles. The molecule has 1 amide bonds. The highest BCUT2D eigenvalue weighted by Crippen LogP contribution is 2.42. The Kier molecular flexibility index (Phi) is 3.46. The minimum atomic E-state index is -0.468. The maximum atomic E-state index is 11.9. The molecule has 0 N–H and O–H groups in total. The third-order valence-corrected chi connectivity index (χ3v) is 4.18. The van der Waals surface area contributed by atoms with E-state index in [0.29, 0.717) is 13.1 Å². The van der Waals surface area contributed by atoms with Gasteiger partial charge in [-0.15, -0.1) is 0 Å². The molecule has 1 aromatic carbocycles. The van der Waals surface area contributed by atoms with Crippen LogP contribution in [0.15, 0.2) is 24.3 Å². The first-order valence-corrected chi connectivity index (χ1v) is 7.65. The van der Waals surface area contributed by atoms with Gasteiger partial charge in [0, 0.05) is 49.4 Å². The van der Waals surface area contributed by atoms with Crippen LogP contribution in [-0.2, 0) is 4.74 Å². The summed E-state index contributed by atoms with van der Waals surface area (Å²) in [4.78, 5) is 26.1. The lowest BCUT2D eigenvalue weighted by Crippen LogP contribution is -2.73. The van der Waals surface area contributed by atoms with E-state index in [-0.39, 0.29) is 17.2 Å². The molecule has 2 aliphatic rings. The highest BCUT2D eigenvalue weighted by molar-refractivity contribution is 5.70. The molecule has 2 heterocycles. The Morgan fingerprint density at radius 1 is 1.17 bits per heavy atom. The summed E-state index contributed by atoms with van der Waals surface area (Å²) in [6.07, 6.45) is -0.253. The number of nitro benzene ring substituents is 1.